The molecule has 0 bridgehead atoms. The summed E-state index contributed by atoms with van der Waals surface area (Å²) < 4.78 is 0. The zero-order valence-corrected chi connectivity index (χ0v) is 10.7. The molecule has 1 heterocycles. The van der Waals surface area contributed by atoms with Crippen molar-refractivity contribution in [3.05, 3.63) is 78.0 Å². The van der Waals surface area contributed by atoms with Crippen LogP contribution in [0, 0.1) is 0 Å². The molecular formula is C17H16N2. The molecule has 3 rings (SSSR count). The predicted octanol–water partition coefficient (Wildman–Crippen LogP) is 3.48. The van der Waals surface area contributed by atoms with Gasteiger partial charge in [-0.3, -0.25) is 4.98 Å². The van der Waals surface area contributed by atoms with Gasteiger partial charge in [-0.1, -0.05) is 48.5 Å². The van der Waals surface area contributed by atoms with Crippen molar-refractivity contribution in [2.45, 2.75) is 12.5 Å². The van der Waals surface area contributed by atoms with Crippen molar-refractivity contribution in [1.29, 1.82) is 0 Å². The van der Waals surface area contributed by atoms with Crippen LogP contribution in [0.2, 0.25) is 0 Å². The molecule has 0 spiro atoms. The standard InChI is InChI=1S/C17H16N2/c18-16(12-13-6-2-1-3-7-13)14-8-4-10-17-15(14)9-5-11-19-17/h1-11,16H,12,18H2. The average Bonchev–Trinajstić information content (AvgIpc) is 2.47. The molecule has 1 aromatic heterocycles. The fraction of sp³-hybridized carbons (Fsp3) is 0.118. The quantitative estimate of drug-likeness (QED) is 0.770. The average molecular weight is 248 g/mol. The van der Waals surface area contributed by atoms with E-state index in [4.69, 9.17) is 5.73 Å². The summed E-state index contributed by atoms with van der Waals surface area (Å²) in [5, 5.41) is 1.15. The van der Waals surface area contributed by atoms with Gasteiger partial charge in [0.05, 0.1) is 5.52 Å². The SMILES string of the molecule is NC(Cc1ccccc1)c1cccc2ncccc12. The highest BCUT2D eigenvalue weighted by Gasteiger charge is 2.10. The number of aromatic nitrogens is 1. The second kappa shape index (κ2) is 5.21. The molecule has 0 aliphatic heterocycles. The number of pyridine rings is 1. The molecule has 2 N–H and O–H groups in total. The minimum Gasteiger partial charge on any atom is -0.324 e. The van der Waals surface area contributed by atoms with E-state index in [1.54, 1.807) is 0 Å². The molecular weight excluding hydrogens is 232 g/mol. The van der Waals surface area contributed by atoms with Crippen molar-refractivity contribution in [2.24, 2.45) is 5.73 Å². The lowest BCUT2D eigenvalue weighted by Gasteiger charge is -2.14. The summed E-state index contributed by atoms with van der Waals surface area (Å²) >= 11 is 0. The molecule has 0 radical (unpaired) electrons. The van der Waals surface area contributed by atoms with Crippen molar-refractivity contribution in [3.8, 4) is 0 Å². The lowest BCUT2D eigenvalue weighted by atomic mass is 9.96. The molecule has 3 aromatic rings. The summed E-state index contributed by atoms with van der Waals surface area (Å²) in [6, 6.07) is 20.5. The third kappa shape index (κ3) is 2.49. The Morgan fingerprint density at radius 2 is 1.74 bits per heavy atom. The minimum absolute atomic E-state index is 0.00435. The topological polar surface area (TPSA) is 38.9 Å². The van der Waals surface area contributed by atoms with Crippen LogP contribution in [0.25, 0.3) is 10.9 Å². The normalized spacial score (nSPS) is 12.5. The van der Waals surface area contributed by atoms with Gasteiger partial charge in [0.1, 0.15) is 0 Å². The smallest absolute Gasteiger partial charge is 0.0705 e. The Bertz CT molecular complexity index is 672. The van der Waals surface area contributed by atoms with Crippen LogP contribution < -0.4 is 5.73 Å². The molecule has 0 amide bonds. The second-order valence-corrected chi connectivity index (χ2v) is 4.71. The van der Waals surface area contributed by atoms with Crippen molar-refractivity contribution in [3.63, 3.8) is 0 Å². The largest absolute Gasteiger partial charge is 0.324 e. The van der Waals surface area contributed by atoms with E-state index in [-0.39, 0.29) is 6.04 Å². The zero-order valence-electron chi connectivity index (χ0n) is 10.7. The van der Waals surface area contributed by atoms with Crippen molar-refractivity contribution in [1.82, 2.24) is 4.98 Å². The Labute approximate surface area is 112 Å². The lowest BCUT2D eigenvalue weighted by Crippen LogP contribution is -2.13. The van der Waals surface area contributed by atoms with Gasteiger partial charge in [-0.25, -0.2) is 0 Å². The van der Waals surface area contributed by atoms with Crippen LogP contribution in [0.15, 0.2) is 66.9 Å². The third-order valence-electron chi connectivity index (χ3n) is 3.38. The van der Waals surface area contributed by atoms with Crippen LogP contribution in [-0.4, -0.2) is 4.98 Å². The van der Waals surface area contributed by atoms with Gasteiger partial charge in [0, 0.05) is 17.6 Å². The van der Waals surface area contributed by atoms with Gasteiger partial charge in [0.2, 0.25) is 0 Å². The first-order valence-electron chi connectivity index (χ1n) is 6.48. The minimum atomic E-state index is -0.00435. The van der Waals surface area contributed by atoms with E-state index in [0.717, 1.165) is 22.9 Å². The van der Waals surface area contributed by atoms with E-state index in [1.807, 2.05) is 42.6 Å². The maximum absolute atomic E-state index is 6.37. The van der Waals surface area contributed by atoms with Gasteiger partial charge in [0.15, 0.2) is 0 Å². The molecule has 94 valence electrons. The molecule has 0 saturated heterocycles. The van der Waals surface area contributed by atoms with Gasteiger partial charge in [0.25, 0.3) is 0 Å². The Balaban J connectivity index is 1.96. The van der Waals surface area contributed by atoms with Crippen LogP contribution in [0.4, 0.5) is 0 Å². The first kappa shape index (κ1) is 11.9. The summed E-state index contributed by atoms with van der Waals surface area (Å²) in [4.78, 5) is 4.38. The van der Waals surface area contributed by atoms with Crippen LogP contribution in [-0.2, 0) is 6.42 Å². The fourth-order valence-corrected chi connectivity index (χ4v) is 2.43. The molecule has 2 nitrogen and oxygen atoms in total. The Morgan fingerprint density at radius 3 is 2.58 bits per heavy atom. The third-order valence-corrected chi connectivity index (χ3v) is 3.38. The summed E-state index contributed by atoms with van der Waals surface area (Å²) in [5.41, 5.74) is 9.79. The molecule has 0 saturated carbocycles. The highest BCUT2D eigenvalue weighted by molar-refractivity contribution is 5.82. The van der Waals surface area contributed by atoms with Crippen LogP contribution in [0.1, 0.15) is 17.2 Å². The van der Waals surface area contributed by atoms with Gasteiger partial charge >= 0.3 is 0 Å². The summed E-state index contributed by atoms with van der Waals surface area (Å²) in [6.45, 7) is 0. The predicted molar refractivity (Wildman–Crippen MR) is 78.8 cm³/mol. The zero-order chi connectivity index (χ0) is 13.1. The van der Waals surface area contributed by atoms with Crippen LogP contribution in [0.5, 0.6) is 0 Å². The van der Waals surface area contributed by atoms with E-state index >= 15 is 0 Å². The summed E-state index contributed by atoms with van der Waals surface area (Å²) in [5.74, 6) is 0. The summed E-state index contributed by atoms with van der Waals surface area (Å²) in [7, 11) is 0. The molecule has 0 aliphatic rings. The van der Waals surface area contributed by atoms with Gasteiger partial charge in [-0.15, -0.1) is 0 Å². The van der Waals surface area contributed by atoms with Crippen LogP contribution >= 0.6 is 0 Å². The van der Waals surface area contributed by atoms with Gasteiger partial charge in [-0.2, -0.15) is 0 Å². The molecule has 0 aliphatic carbocycles. The highest BCUT2D eigenvalue weighted by atomic mass is 14.7. The van der Waals surface area contributed by atoms with Gasteiger partial charge < -0.3 is 5.73 Å². The number of benzene rings is 2. The first-order valence-corrected chi connectivity index (χ1v) is 6.48. The number of fused-ring (bicyclic) bond motifs is 1. The number of rotatable bonds is 3. The van der Waals surface area contributed by atoms with Gasteiger partial charge in [-0.05, 0) is 29.7 Å². The van der Waals surface area contributed by atoms with E-state index < -0.39 is 0 Å². The number of hydrogen-bond donors (Lipinski definition) is 1. The van der Waals surface area contributed by atoms with E-state index in [0.29, 0.717) is 0 Å². The number of nitrogens with two attached hydrogens (primary N) is 1. The van der Waals surface area contributed by atoms with Crippen LogP contribution in [0.3, 0.4) is 0 Å². The van der Waals surface area contributed by atoms with E-state index in [9.17, 15) is 0 Å². The van der Waals surface area contributed by atoms with Crippen molar-refractivity contribution in [2.75, 3.05) is 0 Å². The molecule has 2 heteroatoms. The number of hydrogen-bond acceptors (Lipinski definition) is 2. The molecule has 19 heavy (non-hydrogen) atoms. The monoisotopic (exact) mass is 248 g/mol. The van der Waals surface area contributed by atoms with E-state index in [1.165, 1.54) is 5.56 Å². The highest BCUT2D eigenvalue weighted by Crippen LogP contribution is 2.23. The maximum atomic E-state index is 6.37. The fourth-order valence-electron chi connectivity index (χ4n) is 2.43. The first-order chi connectivity index (χ1) is 9.34. The maximum Gasteiger partial charge on any atom is 0.0705 e. The van der Waals surface area contributed by atoms with Crippen molar-refractivity contribution < 1.29 is 0 Å². The number of nitrogens with zero attached hydrogens (tertiary/aromatic N) is 1. The molecule has 0 fully saturated rings. The Hall–Kier alpha value is -2.19. The molecule has 1 atom stereocenters. The molecule has 2 aromatic carbocycles. The summed E-state index contributed by atoms with van der Waals surface area (Å²) in [6.07, 6.45) is 2.66. The van der Waals surface area contributed by atoms with E-state index in [2.05, 4.69) is 29.2 Å². The lowest BCUT2D eigenvalue weighted by molar-refractivity contribution is 0.728. The van der Waals surface area contributed by atoms with Crippen molar-refractivity contribution >= 4 is 10.9 Å². The molecule has 1 unspecified atom stereocenters. The second-order valence-electron chi connectivity index (χ2n) is 4.71. The Morgan fingerprint density at radius 1 is 0.895 bits per heavy atom. The Kier molecular flexibility index (Phi) is 3.25.